The lowest BCUT2D eigenvalue weighted by Crippen LogP contribution is -2.24. The van der Waals surface area contributed by atoms with Gasteiger partial charge in [-0.3, -0.25) is 9.59 Å². The summed E-state index contributed by atoms with van der Waals surface area (Å²) < 4.78 is 13.3. The number of nitrogens with zero attached hydrogens (tertiary/aromatic N) is 2. The van der Waals surface area contributed by atoms with Gasteiger partial charge in [0.25, 0.3) is 5.91 Å². The molecule has 146 valence electrons. The highest BCUT2D eigenvalue weighted by molar-refractivity contribution is 7.16. The first-order chi connectivity index (χ1) is 13.5. The molecule has 1 aromatic heterocycles. The first-order valence-electron chi connectivity index (χ1n) is 8.99. The Balaban J connectivity index is 1.96. The number of hydrogen-bond donors (Lipinski definition) is 0. The minimum atomic E-state index is -0.414. The van der Waals surface area contributed by atoms with E-state index in [1.54, 1.807) is 23.6 Å². The van der Waals surface area contributed by atoms with Crippen LogP contribution in [0.5, 0.6) is 5.75 Å². The molecule has 7 heteroatoms. The quantitative estimate of drug-likeness (QED) is 0.597. The predicted octanol–water partition coefficient (Wildman–Crippen LogP) is 3.39. The predicted molar refractivity (Wildman–Crippen MR) is 108 cm³/mol. The molecule has 2 aromatic carbocycles. The third-order valence-electron chi connectivity index (χ3n) is 4.03. The fourth-order valence-electron chi connectivity index (χ4n) is 2.89. The molecule has 28 heavy (non-hydrogen) atoms. The topological polar surface area (TPSA) is 69.9 Å². The van der Waals surface area contributed by atoms with Crippen molar-refractivity contribution in [1.82, 2.24) is 4.57 Å². The lowest BCUT2D eigenvalue weighted by molar-refractivity contribution is -0.143. The SMILES string of the molecule is CCOC(=O)Cn1c(=NC(=O)COc2ccccc2)sc2c(C)cc(C)cc21. The maximum absolute atomic E-state index is 12.4. The highest BCUT2D eigenvalue weighted by atomic mass is 32.1. The Morgan fingerprint density at radius 1 is 1.14 bits per heavy atom. The Labute approximate surface area is 167 Å². The van der Waals surface area contributed by atoms with Crippen molar-refractivity contribution in [2.24, 2.45) is 4.99 Å². The van der Waals surface area contributed by atoms with Gasteiger partial charge in [0, 0.05) is 0 Å². The standard InChI is InChI=1S/C21H22N2O4S/c1-4-26-19(25)12-23-17-11-14(2)10-15(3)20(17)28-21(23)22-18(24)13-27-16-8-6-5-7-9-16/h5-11H,4,12-13H2,1-3H3. The van der Waals surface area contributed by atoms with Gasteiger partial charge in [-0.2, -0.15) is 4.99 Å². The monoisotopic (exact) mass is 398 g/mol. The van der Waals surface area contributed by atoms with Crippen molar-refractivity contribution in [3.8, 4) is 5.75 Å². The Bertz CT molecular complexity index is 1070. The molecule has 3 rings (SSSR count). The Hall–Kier alpha value is -2.93. The molecule has 0 unspecified atom stereocenters. The Kier molecular flexibility index (Phi) is 6.26. The zero-order valence-corrected chi connectivity index (χ0v) is 16.9. The lowest BCUT2D eigenvalue weighted by Gasteiger charge is -2.06. The first kappa shape index (κ1) is 19.8. The Morgan fingerprint density at radius 3 is 2.61 bits per heavy atom. The third-order valence-corrected chi connectivity index (χ3v) is 5.26. The molecule has 0 atom stereocenters. The second-order valence-electron chi connectivity index (χ2n) is 6.31. The summed E-state index contributed by atoms with van der Waals surface area (Å²) in [6, 6.07) is 13.2. The van der Waals surface area contributed by atoms with Crippen molar-refractivity contribution >= 4 is 33.4 Å². The number of aromatic nitrogens is 1. The van der Waals surface area contributed by atoms with Crippen molar-refractivity contribution in [2.45, 2.75) is 27.3 Å². The molecule has 0 saturated heterocycles. The normalized spacial score (nSPS) is 11.6. The number of para-hydroxylation sites is 1. The highest BCUT2D eigenvalue weighted by Gasteiger charge is 2.14. The van der Waals surface area contributed by atoms with Gasteiger partial charge in [-0.1, -0.05) is 35.6 Å². The van der Waals surface area contributed by atoms with E-state index in [0.29, 0.717) is 17.2 Å². The van der Waals surface area contributed by atoms with E-state index in [0.717, 1.165) is 21.3 Å². The first-order valence-corrected chi connectivity index (χ1v) is 9.81. The summed E-state index contributed by atoms with van der Waals surface area (Å²) in [6.07, 6.45) is 0. The molecule has 0 aliphatic rings. The van der Waals surface area contributed by atoms with Crippen molar-refractivity contribution in [2.75, 3.05) is 13.2 Å². The van der Waals surface area contributed by atoms with E-state index in [1.807, 2.05) is 38.1 Å². The maximum atomic E-state index is 12.4. The Morgan fingerprint density at radius 2 is 1.89 bits per heavy atom. The van der Waals surface area contributed by atoms with Crippen LogP contribution in [0.2, 0.25) is 0 Å². The molecule has 1 heterocycles. The van der Waals surface area contributed by atoms with Crippen LogP contribution in [0.3, 0.4) is 0 Å². The van der Waals surface area contributed by atoms with Crippen molar-refractivity contribution in [3.63, 3.8) is 0 Å². The largest absolute Gasteiger partial charge is 0.484 e. The molecule has 1 amide bonds. The maximum Gasteiger partial charge on any atom is 0.326 e. The third kappa shape index (κ3) is 4.67. The van der Waals surface area contributed by atoms with Crippen LogP contribution in [0.1, 0.15) is 18.1 Å². The number of fused-ring (bicyclic) bond motifs is 1. The number of benzene rings is 2. The molecule has 0 aliphatic heterocycles. The molecule has 0 bridgehead atoms. The number of carbonyl (C=O) groups is 2. The summed E-state index contributed by atoms with van der Waals surface area (Å²) >= 11 is 1.38. The summed E-state index contributed by atoms with van der Waals surface area (Å²) in [5.74, 6) is -0.175. The fraction of sp³-hybridized carbons (Fsp3) is 0.286. The molecule has 3 aromatic rings. The highest BCUT2D eigenvalue weighted by Crippen LogP contribution is 2.23. The van der Waals surface area contributed by atoms with E-state index in [1.165, 1.54) is 11.3 Å². The van der Waals surface area contributed by atoms with Gasteiger partial charge < -0.3 is 14.0 Å². The lowest BCUT2D eigenvalue weighted by atomic mass is 10.1. The van der Waals surface area contributed by atoms with E-state index in [2.05, 4.69) is 11.1 Å². The van der Waals surface area contributed by atoms with Gasteiger partial charge in [0.1, 0.15) is 12.3 Å². The fourth-order valence-corrected chi connectivity index (χ4v) is 3.98. The smallest absolute Gasteiger partial charge is 0.326 e. The van der Waals surface area contributed by atoms with Gasteiger partial charge in [0.05, 0.1) is 16.8 Å². The van der Waals surface area contributed by atoms with E-state index in [4.69, 9.17) is 9.47 Å². The summed E-state index contributed by atoms with van der Waals surface area (Å²) in [5.41, 5.74) is 3.02. The van der Waals surface area contributed by atoms with E-state index in [-0.39, 0.29) is 19.1 Å². The molecular formula is C21H22N2O4S. The molecule has 6 nitrogen and oxygen atoms in total. The van der Waals surface area contributed by atoms with Crippen molar-refractivity contribution in [1.29, 1.82) is 0 Å². The number of hydrogen-bond acceptors (Lipinski definition) is 5. The van der Waals surface area contributed by atoms with Gasteiger partial charge in [0.2, 0.25) is 0 Å². The zero-order chi connectivity index (χ0) is 20.1. The minimum absolute atomic E-state index is 0.00237. The number of rotatable bonds is 6. The number of ether oxygens (including phenoxy) is 2. The average molecular weight is 398 g/mol. The van der Waals surface area contributed by atoms with E-state index < -0.39 is 5.91 Å². The summed E-state index contributed by atoms with van der Waals surface area (Å²) in [4.78, 5) is 29.1. The molecular weight excluding hydrogens is 376 g/mol. The number of thiazole rings is 1. The number of aryl methyl sites for hydroxylation is 2. The number of amides is 1. The van der Waals surface area contributed by atoms with Crippen LogP contribution >= 0.6 is 11.3 Å². The molecule has 0 N–H and O–H groups in total. The molecule has 0 saturated carbocycles. The second kappa shape index (κ2) is 8.84. The van der Waals surface area contributed by atoms with Crippen LogP contribution in [0.25, 0.3) is 10.2 Å². The van der Waals surface area contributed by atoms with Crippen LogP contribution in [0, 0.1) is 13.8 Å². The van der Waals surface area contributed by atoms with Crippen LogP contribution in [0.4, 0.5) is 0 Å². The minimum Gasteiger partial charge on any atom is -0.484 e. The number of carbonyl (C=O) groups excluding carboxylic acids is 2. The molecule has 0 radical (unpaired) electrons. The average Bonchev–Trinajstić information content (AvgIpc) is 2.99. The second-order valence-corrected chi connectivity index (χ2v) is 7.29. The molecule has 0 spiro atoms. The van der Waals surface area contributed by atoms with E-state index in [9.17, 15) is 9.59 Å². The zero-order valence-electron chi connectivity index (χ0n) is 16.1. The van der Waals surface area contributed by atoms with Crippen molar-refractivity contribution < 1.29 is 19.1 Å². The van der Waals surface area contributed by atoms with Crippen LogP contribution in [-0.4, -0.2) is 29.7 Å². The van der Waals surface area contributed by atoms with E-state index >= 15 is 0 Å². The summed E-state index contributed by atoms with van der Waals surface area (Å²) in [7, 11) is 0. The summed E-state index contributed by atoms with van der Waals surface area (Å²) in [5, 5.41) is 0. The molecule has 0 aliphatic carbocycles. The van der Waals surface area contributed by atoms with Crippen LogP contribution < -0.4 is 9.54 Å². The van der Waals surface area contributed by atoms with Crippen molar-refractivity contribution in [3.05, 3.63) is 58.4 Å². The number of esters is 1. The summed E-state index contributed by atoms with van der Waals surface area (Å²) in [6.45, 7) is 5.89. The van der Waals surface area contributed by atoms with Gasteiger partial charge in [-0.15, -0.1) is 0 Å². The van der Waals surface area contributed by atoms with Gasteiger partial charge >= 0.3 is 5.97 Å². The molecule has 0 fully saturated rings. The van der Waals surface area contributed by atoms with Gasteiger partial charge in [-0.05, 0) is 50.1 Å². The van der Waals surface area contributed by atoms with Crippen LogP contribution in [-0.2, 0) is 20.9 Å². The van der Waals surface area contributed by atoms with Gasteiger partial charge in [-0.25, -0.2) is 0 Å². The van der Waals surface area contributed by atoms with Crippen LogP contribution in [0.15, 0.2) is 47.5 Å². The van der Waals surface area contributed by atoms with Gasteiger partial charge in [0.15, 0.2) is 11.4 Å².